The number of hydrogen-bond acceptors (Lipinski definition) is 3. The summed E-state index contributed by atoms with van der Waals surface area (Å²) >= 11 is 6.31. The summed E-state index contributed by atoms with van der Waals surface area (Å²) in [5.74, 6) is 0.698. The molecule has 0 aromatic carbocycles. The van der Waals surface area contributed by atoms with Gasteiger partial charge in [-0.25, -0.2) is 0 Å². The molecule has 0 atom stereocenters. The topological polar surface area (TPSA) is 33.1 Å². The molecule has 1 aromatic heterocycles. The molecule has 19 heavy (non-hydrogen) atoms. The Kier molecular flexibility index (Phi) is 6.83. The van der Waals surface area contributed by atoms with Crippen molar-refractivity contribution in [2.24, 2.45) is 5.92 Å². The number of nitrogens with one attached hydrogen (secondary N) is 1. The molecule has 1 rings (SSSR count). The summed E-state index contributed by atoms with van der Waals surface area (Å²) in [4.78, 5) is 2.28. The fourth-order valence-corrected chi connectivity index (χ4v) is 2.21. The molecule has 0 aliphatic heterocycles. The highest BCUT2D eigenvalue weighted by Gasteiger charge is 2.13. The van der Waals surface area contributed by atoms with E-state index in [0.717, 1.165) is 49.1 Å². The Morgan fingerprint density at radius 1 is 1.42 bits per heavy atom. The lowest BCUT2D eigenvalue weighted by Gasteiger charge is -2.18. The summed E-state index contributed by atoms with van der Waals surface area (Å²) in [5, 5.41) is 8.71. The van der Waals surface area contributed by atoms with Crippen molar-refractivity contribution in [3.05, 3.63) is 16.4 Å². The molecule has 0 amide bonds. The predicted octanol–water partition coefficient (Wildman–Crippen LogP) is 2.54. The first-order valence-electron chi connectivity index (χ1n) is 7.06. The van der Waals surface area contributed by atoms with E-state index in [0.29, 0.717) is 5.92 Å². The molecule has 5 heteroatoms. The first kappa shape index (κ1) is 16.5. The van der Waals surface area contributed by atoms with Crippen LogP contribution in [-0.4, -0.2) is 41.4 Å². The Hall–Kier alpha value is -0.580. The summed E-state index contributed by atoms with van der Waals surface area (Å²) in [7, 11) is 2.12. The number of halogens is 1. The minimum absolute atomic E-state index is 0.698. The molecule has 0 aliphatic carbocycles. The second kappa shape index (κ2) is 7.88. The van der Waals surface area contributed by atoms with Crippen molar-refractivity contribution in [3.63, 3.8) is 0 Å². The van der Waals surface area contributed by atoms with E-state index in [1.807, 2.05) is 11.6 Å². The second-order valence-electron chi connectivity index (χ2n) is 5.50. The summed E-state index contributed by atoms with van der Waals surface area (Å²) < 4.78 is 2.00. The van der Waals surface area contributed by atoms with Crippen molar-refractivity contribution >= 4 is 11.6 Å². The van der Waals surface area contributed by atoms with Crippen LogP contribution in [0.2, 0.25) is 5.02 Å². The first-order chi connectivity index (χ1) is 8.95. The molecule has 0 spiro atoms. The summed E-state index contributed by atoms with van der Waals surface area (Å²) in [6.45, 7) is 13.3. The Balaban J connectivity index is 2.46. The maximum absolute atomic E-state index is 6.31. The standard InChI is InChI=1S/C14H27ClN4/c1-6-19-13(14(15)12(4)17-19)10-18(5)8-7-16-9-11(2)3/h11,16H,6-10H2,1-5H3. The largest absolute Gasteiger partial charge is 0.315 e. The lowest BCUT2D eigenvalue weighted by atomic mass is 10.2. The van der Waals surface area contributed by atoms with Crippen LogP contribution in [0.5, 0.6) is 0 Å². The number of hydrogen-bond donors (Lipinski definition) is 1. The maximum atomic E-state index is 6.31. The van der Waals surface area contributed by atoms with Crippen LogP contribution in [0.3, 0.4) is 0 Å². The minimum Gasteiger partial charge on any atom is -0.315 e. The van der Waals surface area contributed by atoms with Crippen molar-refractivity contribution in [2.45, 2.75) is 40.8 Å². The molecule has 1 N–H and O–H groups in total. The van der Waals surface area contributed by atoms with E-state index in [2.05, 4.69) is 43.1 Å². The first-order valence-corrected chi connectivity index (χ1v) is 7.44. The van der Waals surface area contributed by atoms with Gasteiger partial charge in [-0.2, -0.15) is 5.10 Å². The van der Waals surface area contributed by atoms with Gasteiger partial charge in [-0.05, 0) is 33.4 Å². The highest BCUT2D eigenvalue weighted by molar-refractivity contribution is 6.31. The maximum Gasteiger partial charge on any atom is 0.0860 e. The molecule has 4 nitrogen and oxygen atoms in total. The van der Waals surface area contributed by atoms with Gasteiger partial charge in [0.1, 0.15) is 0 Å². The van der Waals surface area contributed by atoms with Gasteiger partial charge in [0.25, 0.3) is 0 Å². The average Bonchev–Trinajstić information content (AvgIpc) is 2.62. The van der Waals surface area contributed by atoms with Crippen molar-refractivity contribution in [1.29, 1.82) is 0 Å². The van der Waals surface area contributed by atoms with Crippen LogP contribution in [0.15, 0.2) is 0 Å². The van der Waals surface area contributed by atoms with E-state index >= 15 is 0 Å². The van der Waals surface area contributed by atoms with Crippen LogP contribution >= 0.6 is 11.6 Å². The number of aryl methyl sites for hydroxylation is 2. The third-order valence-electron chi connectivity index (χ3n) is 3.10. The third kappa shape index (κ3) is 5.13. The Morgan fingerprint density at radius 2 is 2.11 bits per heavy atom. The molecule has 1 aromatic rings. The van der Waals surface area contributed by atoms with E-state index in [1.165, 1.54) is 0 Å². The van der Waals surface area contributed by atoms with Gasteiger partial charge >= 0.3 is 0 Å². The van der Waals surface area contributed by atoms with E-state index in [4.69, 9.17) is 11.6 Å². The SMILES string of the molecule is CCn1nc(C)c(Cl)c1CN(C)CCNCC(C)C. The smallest absolute Gasteiger partial charge is 0.0860 e. The average molecular weight is 287 g/mol. The predicted molar refractivity (Wildman–Crippen MR) is 81.7 cm³/mol. The van der Waals surface area contributed by atoms with Crippen LogP contribution in [-0.2, 0) is 13.1 Å². The number of rotatable bonds is 8. The zero-order valence-corrected chi connectivity index (χ0v) is 13.6. The van der Waals surface area contributed by atoms with Gasteiger partial charge in [-0.1, -0.05) is 25.4 Å². The van der Waals surface area contributed by atoms with E-state index < -0.39 is 0 Å². The highest BCUT2D eigenvalue weighted by atomic mass is 35.5. The Bertz CT molecular complexity index is 387. The molecular weight excluding hydrogens is 260 g/mol. The van der Waals surface area contributed by atoms with Crippen molar-refractivity contribution in [1.82, 2.24) is 20.0 Å². The van der Waals surface area contributed by atoms with Crippen LogP contribution in [0.1, 0.15) is 32.2 Å². The normalized spacial score (nSPS) is 11.8. The van der Waals surface area contributed by atoms with Crippen LogP contribution in [0, 0.1) is 12.8 Å². The molecule has 1 heterocycles. The van der Waals surface area contributed by atoms with Crippen molar-refractivity contribution < 1.29 is 0 Å². The molecule has 0 saturated heterocycles. The van der Waals surface area contributed by atoms with Gasteiger partial charge < -0.3 is 5.32 Å². The number of likely N-dealkylation sites (N-methyl/N-ethyl adjacent to an activating group) is 1. The van der Waals surface area contributed by atoms with Gasteiger partial charge in [0.2, 0.25) is 0 Å². The third-order valence-corrected chi connectivity index (χ3v) is 3.59. The van der Waals surface area contributed by atoms with E-state index in [9.17, 15) is 0 Å². The summed E-state index contributed by atoms with van der Waals surface area (Å²) in [6, 6.07) is 0. The highest BCUT2D eigenvalue weighted by Crippen LogP contribution is 2.21. The molecule has 0 unspecified atom stereocenters. The lowest BCUT2D eigenvalue weighted by Crippen LogP contribution is -2.31. The molecular formula is C14H27ClN4. The molecule has 110 valence electrons. The quantitative estimate of drug-likeness (QED) is 0.746. The van der Waals surface area contributed by atoms with E-state index in [1.54, 1.807) is 0 Å². The van der Waals surface area contributed by atoms with Crippen LogP contribution < -0.4 is 5.32 Å². The van der Waals surface area contributed by atoms with Gasteiger partial charge in [0, 0.05) is 26.2 Å². The zero-order valence-electron chi connectivity index (χ0n) is 12.8. The van der Waals surface area contributed by atoms with Gasteiger partial charge in [-0.3, -0.25) is 9.58 Å². The molecule has 0 saturated carbocycles. The monoisotopic (exact) mass is 286 g/mol. The van der Waals surface area contributed by atoms with Crippen LogP contribution in [0.25, 0.3) is 0 Å². The summed E-state index contributed by atoms with van der Waals surface area (Å²) in [5.41, 5.74) is 2.04. The van der Waals surface area contributed by atoms with E-state index in [-0.39, 0.29) is 0 Å². The van der Waals surface area contributed by atoms with Gasteiger partial charge in [-0.15, -0.1) is 0 Å². The fraction of sp³-hybridized carbons (Fsp3) is 0.786. The van der Waals surface area contributed by atoms with Crippen molar-refractivity contribution in [3.8, 4) is 0 Å². The van der Waals surface area contributed by atoms with Crippen molar-refractivity contribution in [2.75, 3.05) is 26.7 Å². The van der Waals surface area contributed by atoms with Gasteiger partial charge in [0.15, 0.2) is 0 Å². The summed E-state index contributed by atoms with van der Waals surface area (Å²) in [6.07, 6.45) is 0. The molecule has 0 radical (unpaired) electrons. The second-order valence-corrected chi connectivity index (χ2v) is 5.88. The van der Waals surface area contributed by atoms with Crippen LogP contribution in [0.4, 0.5) is 0 Å². The Morgan fingerprint density at radius 3 is 2.68 bits per heavy atom. The minimum atomic E-state index is 0.698. The lowest BCUT2D eigenvalue weighted by molar-refractivity contribution is 0.311. The molecule has 0 fully saturated rings. The zero-order chi connectivity index (χ0) is 14.4. The number of nitrogens with zero attached hydrogens (tertiary/aromatic N) is 3. The van der Waals surface area contributed by atoms with Gasteiger partial charge in [0.05, 0.1) is 16.4 Å². The number of aromatic nitrogens is 2. The fourth-order valence-electron chi connectivity index (χ4n) is 2.02. The molecule has 0 bridgehead atoms. The Labute approximate surface area is 122 Å². The molecule has 0 aliphatic rings.